The van der Waals surface area contributed by atoms with Crippen molar-refractivity contribution in [3.63, 3.8) is 0 Å². The van der Waals surface area contributed by atoms with Crippen LogP contribution in [0.1, 0.15) is 6.23 Å². The Morgan fingerprint density at radius 3 is 2.60 bits per heavy atom. The second-order valence-corrected chi connectivity index (χ2v) is 10.6. The van der Waals surface area contributed by atoms with Crippen LogP contribution in [-0.2, 0) is 23.2 Å². The predicted octanol–water partition coefficient (Wildman–Crippen LogP) is -0.591. The number of aliphatic hydroxyl groups is 2. The van der Waals surface area contributed by atoms with Crippen molar-refractivity contribution in [3.05, 3.63) is 11.5 Å². The Labute approximate surface area is 173 Å². The van der Waals surface area contributed by atoms with Gasteiger partial charge < -0.3 is 34.2 Å². The van der Waals surface area contributed by atoms with Gasteiger partial charge in [-0.2, -0.15) is 15.1 Å². The third-order valence-corrected chi connectivity index (χ3v) is 7.63. The first-order chi connectivity index (χ1) is 13.9. The zero-order chi connectivity index (χ0) is 22.3. The van der Waals surface area contributed by atoms with Crippen LogP contribution in [-0.4, -0.2) is 82.6 Å². The van der Waals surface area contributed by atoms with Crippen molar-refractivity contribution in [3.8, 4) is 0 Å². The van der Waals surface area contributed by atoms with E-state index in [1.165, 1.54) is 13.3 Å². The second-order valence-electron chi connectivity index (χ2n) is 6.26. The fourth-order valence-corrected chi connectivity index (χ4v) is 5.53. The number of anilines is 1. The van der Waals surface area contributed by atoms with Crippen LogP contribution in [0, 0.1) is 0 Å². The average molecular weight is 490 g/mol. The molecule has 3 heterocycles. The van der Waals surface area contributed by atoms with Gasteiger partial charge in [0, 0.05) is 0 Å². The van der Waals surface area contributed by atoms with E-state index in [9.17, 15) is 24.2 Å². The molecule has 3 rings (SSSR count). The van der Waals surface area contributed by atoms with E-state index in [0.717, 1.165) is 4.68 Å². The first-order valence-corrected chi connectivity index (χ1v) is 12.1. The highest BCUT2D eigenvalue weighted by atomic mass is 35.5. The molecular formula is C12H18ClN5O10P2. The van der Waals surface area contributed by atoms with Crippen LogP contribution in [0.2, 0.25) is 5.28 Å². The van der Waals surface area contributed by atoms with Gasteiger partial charge >= 0.3 is 15.2 Å². The van der Waals surface area contributed by atoms with Crippen LogP contribution in [0.4, 0.5) is 5.82 Å². The van der Waals surface area contributed by atoms with E-state index in [4.69, 9.17) is 31.0 Å². The summed E-state index contributed by atoms with van der Waals surface area (Å²) in [5, 5.41) is 24.8. The molecule has 15 nitrogen and oxygen atoms in total. The average Bonchev–Trinajstić information content (AvgIpc) is 3.14. The predicted molar refractivity (Wildman–Crippen MR) is 99.6 cm³/mol. The van der Waals surface area contributed by atoms with Gasteiger partial charge in [0.15, 0.2) is 23.6 Å². The van der Waals surface area contributed by atoms with E-state index in [-0.39, 0.29) is 16.7 Å². The number of fused-ring (bicyclic) bond motifs is 1. The van der Waals surface area contributed by atoms with Gasteiger partial charge in [0.2, 0.25) is 5.28 Å². The van der Waals surface area contributed by atoms with Crippen LogP contribution in [0.3, 0.4) is 0 Å². The van der Waals surface area contributed by atoms with E-state index in [2.05, 4.69) is 25.1 Å². The molecule has 0 aliphatic carbocycles. The number of nitrogens with one attached hydrogen (secondary N) is 1. The van der Waals surface area contributed by atoms with Crippen molar-refractivity contribution < 1.29 is 48.1 Å². The smallest absolute Gasteiger partial charge is 0.340 e. The number of rotatable bonds is 8. The molecule has 1 aliphatic rings. The highest BCUT2D eigenvalue weighted by Crippen LogP contribution is 2.55. The van der Waals surface area contributed by atoms with Gasteiger partial charge in [-0.1, -0.05) is 0 Å². The van der Waals surface area contributed by atoms with Crippen LogP contribution in [0.15, 0.2) is 6.20 Å². The molecule has 6 N–H and O–H groups in total. The second kappa shape index (κ2) is 8.73. The molecule has 5 atom stereocenters. The minimum Gasteiger partial charge on any atom is -0.387 e. The third kappa shape index (κ3) is 5.15. The minimum absolute atomic E-state index is 0.127. The van der Waals surface area contributed by atoms with Gasteiger partial charge in [0.1, 0.15) is 18.3 Å². The normalized spacial score (nSPS) is 26.8. The fraction of sp³-hybridized carbons (Fsp3) is 0.583. The Hall–Kier alpha value is -1.22. The lowest BCUT2D eigenvalue weighted by molar-refractivity contribution is -0.0541. The van der Waals surface area contributed by atoms with Gasteiger partial charge in [-0.25, -0.2) is 10.2 Å². The van der Waals surface area contributed by atoms with E-state index < -0.39 is 52.2 Å². The lowest BCUT2D eigenvalue weighted by Crippen LogP contribution is -2.33. The molecule has 2 aromatic heterocycles. The topological polar surface area (TPSA) is 219 Å². The van der Waals surface area contributed by atoms with Crippen molar-refractivity contribution in [2.24, 2.45) is 0 Å². The maximum Gasteiger partial charge on any atom is 0.340 e. The summed E-state index contributed by atoms with van der Waals surface area (Å²) in [7, 11) is -8.14. The SMILES string of the molecule is CONc1nc(Cl)nc2c1cnn2[C@@H]1O[C@H](COP(=O)(O)CP(=O)(O)O)[C@@H](O)[C@H]1O. The number of halogens is 1. The maximum absolute atomic E-state index is 11.8. The van der Waals surface area contributed by atoms with Crippen LogP contribution < -0.4 is 5.48 Å². The molecule has 1 aliphatic heterocycles. The molecule has 2 aromatic rings. The highest BCUT2D eigenvalue weighted by molar-refractivity contribution is 7.70. The molecular weight excluding hydrogens is 472 g/mol. The van der Waals surface area contributed by atoms with E-state index in [1.807, 2.05) is 0 Å². The molecule has 0 radical (unpaired) electrons. The van der Waals surface area contributed by atoms with Crippen LogP contribution >= 0.6 is 26.8 Å². The lowest BCUT2D eigenvalue weighted by Gasteiger charge is -2.18. The number of ether oxygens (including phenoxy) is 1. The minimum atomic E-state index is -4.82. The third-order valence-electron chi connectivity index (χ3n) is 4.01. The van der Waals surface area contributed by atoms with Gasteiger partial charge in [0.25, 0.3) is 0 Å². The van der Waals surface area contributed by atoms with Crippen molar-refractivity contribution in [1.82, 2.24) is 19.7 Å². The maximum atomic E-state index is 11.8. The van der Waals surface area contributed by atoms with Gasteiger partial charge in [-0.05, 0) is 11.6 Å². The summed E-state index contributed by atoms with van der Waals surface area (Å²) in [5.74, 6) is -1.21. The van der Waals surface area contributed by atoms with Crippen LogP contribution in [0.25, 0.3) is 11.0 Å². The first kappa shape index (κ1) is 23.4. The zero-order valence-corrected chi connectivity index (χ0v) is 17.7. The number of aliphatic hydroxyl groups excluding tert-OH is 2. The monoisotopic (exact) mass is 489 g/mol. The Morgan fingerprint density at radius 1 is 1.27 bits per heavy atom. The molecule has 0 saturated carbocycles. The molecule has 168 valence electrons. The summed E-state index contributed by atoms with van der Waals surface area (Å²) in [4.78, 5) is 39.9. The van der Waals surface area contributed by atoms with Crippen molar-refractivity contribution >= 4 is 43.6 Å². The Kier molecular flexibility index (Phi) is 6.82. The largest absolute Gasteiger partial charge is 0.387 e. The molecule has 0 amide bonds. The van der Waals surface area contributed by atoms with Crippen molar-refractivity contribution in [2.75, 3.05) is 25.1 Å². The van der Waals surface area contributed by atoms with E-state index in [0.29, 0.717) is 5.39 Å². The van der Waals surface area contributed by atoms with Gasteiger partial charge in [-0.15, -0.1) is 0 Å². The molecule has 1 saturated heterocycles. The molecule has 30 heavy (non-hydrogen) atoms. The molecule has 18 heteroatoms. The molecule has 0 bridgehead atoms. The Morgan fingerprint density at radius 2 is 1.97 bits per heavy atom. The number of aromatic nitrogens is 4. The summed E-state index contributed by atoms with van der Waals surface area (Å²) in [6.45, 7) is -0.728. The summed E-state index contributed by atoms with van der Waals surface area (Å²) in [6.07, 6.45) is -4.38. The summed E-state index contributed by atoms with van der Waals surface area (Å²) in [5.41, 5.74) is 2.62. The van der Waals surface area contributed by atoms with E-state index >= 15 is 0 Å². The number of hydrogen-bond donors (Lipinski definition) is 6. The summed E-state index contributed by atoms with van der Waals surface area (Å²) in [6, 6.07) is 0. The molecule has 0 spiro atoms. The van der Waals surface area contributed by atoms with Crippen molar-refractivity contribution in [2.45, 2.75) is 24.5 Å². The molecule has 1 unspecified atom stereocenters. The van der Waals surface area contributed by atoms with Crippen LogP contribution in [0.5, 0.6) is 0 Å². The number of hydrogen-bond acceptors (Lipinski definition) is 11. The Bertz CT molecular complexity index is 1020. The molecule has 0 aromatic carbocycles. The summed E-state index contributed by atoms with van der Waals surface area (Å²) < 4.78 is 33.9. The summed E-state index contributed by atoms with van der Waals surface area (Å²) >= 11 is 5.89. The standard InChI is InChI=1S/C12H18ClN5O10P2/c1-26-17-9-5-2-14-18(10(5)16-12(13)15-9)11-8(20)7(19)6(28-11)3-27-30(24,25)4-29(21,22)23/h2,6-8,11,19-20H,3-4H2,1H3,(H,24,25)(H,15,16,17)(H2,21,22,23)/t6-,7-,8-,11-/m1/s1. The quantitative estimate of drug-likeness (QED) is 0.155. The van der Waals surface area contributed by atoms with Gasteiger partial charge in [-0.3, -0.25) is 14.0 Å². The fourth-order valence-electron chi connectivity index (χ4n) is 2.79. The highest BCUT2D eigenvalue weighted by Gasteiger charge is 2.46. The van der Waals surface area contributed by atoms with Crippen molar-refractivity contribution in [1.29, 1.82) is 0 Å². The van der Waals surface area contributed by atoms with E-state index in [1.54, 1.807) is 0 Å². The lowest BCUT2D eigenvalue weighted by atomic mass is 10.1. The Balaban J connectivity index is 1.80. The molecule has 1 fully saturated rings. The first-order valence-electron chi connectivity index (χ1n) is 8.14. The number of nitrogens with zero attached hydrogens (tertiary/aromatic N) is 4. The zero-order valence-electron chi connectivity index (χ0n) is 15.1. The van der Waals surface area contributed by atoms with Gasteiger partial charge in [0.05, 0.1) is 25.3 Å².